The summed E-state index contributed by atoms with van der Waals surface area (Å²) >= 11 is 0. The summed E-state index contributed by atoms with van der Waals surface area (Å²) in [4.78, 5) is 14.1. The van der Waals surface area contributed by atoms with Crippen molar-refractivity contribution in [3.8, 4) is 6.07 Å². The van der Waals surface area contributed by atoms with Gasteiger partial charge in [0, 0.05) is 26.3 Å². The maximum absolute atomic E-state index is 12.5. The van der Waals surface area contributed by atoms with E-state index in [2.05, 4.69) is 16.7 Å². The first-order chi connectivity index (χ1) is 12.9. The van der Waals surface area contributed by atoms with Gasteiger partial charge in [0.05, 0.1) is 17.2 Å². The van der Waals surface area contributed by atoms with E-state index in [-0.39, 0.29) is 11.7 Å². The molecule has 0 aliphatic heterocycles. The number of unbranched alkanes of at least 4 members (excludes halogenated alkanes) is 2. The SMILES string of the molecule is CN(C)C(=N)/C=C\C(=N)NC(=O)c1ccc(C#N)cc1NCCCCCN. The second-order valence-corrected chi connectivity index (χ2v) is 6.13. The van der Waals surface area contributed by atoms with Crippen LogP contribution in [0.15, 0.2) is 30.4 Å². The van der Waals surface area contributed by atoms with E-state index >= 15 is 0 Å². The average Bonchev–Trinajstić information content (AvgIpc) is 2.65. The van der Waals surface area contributed by atoms with Gasteiger partial charge in [0.1, 0.15) is 11.7 Å². The number of likely N-dealkylation sites (N-methyl/N-ethyl adjacent to an activating group) is 1. The van der Waals surface area contributed by atoms with E-state index in [1.165, 1.54) is 12.2 Å². The molecular formula is C19H27N7O. The second kappa shape index (κ2) is 11.4. The summed E-state index contributed by atoms with van der Waals surface area (Å²) in [6, 6.07) is 6.81. The minimum Gasteiger partial charge on any atom is -0.384 e. The zero-order valence-electron chi connectivity index (χ0n) is 15.8. The van der Waals surface area contributed by atoms with Crippen molar-refractivity contribution in [1.82, 2.24) is 10.2 Å². The number of hydrogen-bond acceptors (Lipinski definition) is 6. The monoisotopic (exact) mass is 369 g/mol. The molecule has 0 heterocycles. The summed E-state index contributed by atoms with van der Waals surface area (Å²) in [6.45, 7) is 1.31. The molecule has 144 valence electrons. The van der Waals surface area contributed by atoms with Crippen LogP contribution in [0.4, 0.5) is 5.69 Å². The van der Waals surface area contributed by atoms with Crippen LogP contribution >= 0.6 is 0 Å². The topological polar surface area (TPSA) is 142 Å². The fraction of sp³-hybridized carbons (Fsp3) is 0.368. The van der Waals surface area contributed by atoms with Crippen LogP contribution in [0.2, 0.25) is 0 Å². The van der Waals surface area contributed by atoms with E-state index in [0.717, 1.165) is 19.3 Å². The number of rotatable bonds is 9. The van der Waals surface area contributed by atoms with E-state index in [4.69, 9.17) is 21.8 Å². The molecule has 1 rings (SSSR count). The molecule has 0 saturated carbocycles. The fourth-order valence-corrected chi connectivity index (χ4v) is 2.17. The molecule has 0 bridgehead atoms. The van der Waals surface area contributed by atoms with Gasteiger partial charge in [-0.05, 0) is 49.7 Å². The van der Waals surface area contributed by atoms with Crippen LogP contribution in [-0.2, 0) is 0 Å². The number of nitriles is 1. The molecule has 0 unspecified atom stereocenters. The molecule has 0 fully saturated rings. The maximum Gasteiger partial charge on any atom is 0.258 e. The van der Waals surface area contributed by atoms with E-state index in [0.29, 0.717) is 29.9 Å². The van der Waals surface area contributed by atoms with Gasteiger partial charge in [-0.1, -0.05) is 6.42 Å². The Balaban J connectivity index is 2.81. The number of carbonyl (C=O) groups is 1. The molecule has 0 atom stereocenters. The standard InChI is InChI=1S/C19H27N7O/c1-26(2)18(23)9-8-17(22)25-19(27)15-7-6-14(13-21)12-16(15)24-11-5-3-4-10-20/h6-9,12,23-24H,3-5,10-11,20H2,1-2H3,(H2,22,25,27)/b9-8-,23-18?. The third-order valence-corrected chi connectivity index (χ3v) is 3.73. The van der Waals surface area contributed by atoms with Gasteiger partial charge in [-0.25, -0.2) is 0 Å². The molecule has 0 aromatic heterocycles. The van der Waals surface area contributed by atoms with Gasteiger partial charge in [-0.3, -0.25) is 15.6 Å². The van der Waals surface area contributed by atoms with E-state index in [1.54, 1.807) is 37.2 Å². The van der Waals surface area contributed by atoms with Crippen LogP contribution in [0.5, 0.6) is 0 Å². The van der Waals surface area contributed by atoms with Gasteiger partial charge >= 0.3 is 0 Å². The van der Waals surface area contributed by atoms with Crippen molar-refractivity contribution in [3.05, 3.63) is 41.5 Å². The van der Waals surface area contributed by atoms with Gasteiger partial charge < -0.3 is 21.3 Å². The van der Waals surface area contributed by atoms with Crippen molar-refractivity contribution in [2.75, 3.05) is 32.5 Å². The number of amidine groups is 2. The second-order valence-electron chi connectivity index (χ2n) is 6.13. The molecule has 0 aliphatic carbocycles. The number of carbonyl (C=O) groups excluding carboxylic acids is 1. The number of anilines is 1. The quantitative estimate of drug-likeness (QED) is 0.257. The first-order valence-corrected chi connectivity index (χ1v) is 8.71. The van der Waals surface area contributed by atoms with Gasteiger partial charge in [0.15, 0.2) is 0 Å². The Morgan fingerprint density at radius 1 is 1.26 bits per heavy atom. The van der Waals surface area contributed by atoms with Crippen molar-refractivity contribution in [3.63, 3.8) is 0 Å². The van der Waals surface area contributed by atoms with Crippen LogP contribution in [0.1, 0.15) is 35.2 Å². The molecule has 0 aliphatic rings. The highest BCUT2D eigenvalue weighted by atomic mass is 16.1. The van der Waals surface area contributed by atoms with Crippen molar-refractivity contribution < 1.29 is 4.79 Å². The lowest BCUT2D eigenvalue weighted by Gasteiger charge is -2.13. The zero-order chi connectivity index (χ0) is 20.2. The molecule has 1 aromatic carbocycles. The lowest BCUT2D eigenvalue weighted by atomic mass is 10.1. The Morgan fingerprint density at radius 3 is 2.63 bits per heavy atom. The van der Waals surface area contributed by atoms with Crippen LogP contribution < -0.4 is 16.4 Å². The number of hydrogen-bond donors (Lipinski definition) is 5. The average molecular weight is 369 g/mol. The summed E-state index contributed by atoms with van der Waals surface area (Å²) < 4.78 is 0. The minimum atomic E-state index is -0.449. The van der Waals surface area contributed by atoms with Crippen LogP contribution in [-0.4, -0.2) is 49.7 Å². The largest absolute Gasteiger partial charge is 0.384 e. The number of nitrogens with zero attached hydrogens (tertiary/aromatic N) is 2. The zero-order valence-corrected chi connectivity index (χ0v) is 15.8. The first kappa shape index (κ1) is 21.9. The molecule has 0 spiro atoms. The Kier molecular flexibility index (Phi) is 9.26. The van der Waals surface area contributed by atoms with Crippen LogP contribution in [0, 0.1) is 22.1 Å². The van der Waals surface area contributed by atoms with Gasteiger partial charge in [0.2, 0.25) is 0 Å². The Hall–Kier alpha value is -3.18. The fourth-order valence-electron chi connectivity index (χ4n) is 2.17. The van der Waals surface area contributed by atoms with E-state index in [9.17, 15) is 4.79 Å². The number of benzene rings is 1. The smallest absolute Gasteiger partial charge is 0.258 e. The van der Waals surface area contributed by atoms with Gasteiger partial charge in [-0.15, -0.1) is 0 Å². The third-order valence-electron chi connectivity index (χ3n) is 3.73. The molecule has 0 radical (unpaired) electrons. The number of nitrogens with one attached hydrogen (secondary N) is 4. The highest BCUT2D eigenvalue weighted by Gasteiger charge is 2.13. The van der Waals surface area contributed by atoms with Crippen molar-refractivity contribution in [1.29, 1.82) is 16.1 Å². The summed E-state index contributed by atoms with van der Waals surface area (Å²) in [5, 5.41) is 30.3. The highest BCUT2D eigenvalue weighted by Crippen LogP contribution is 2.18. The number of nitrogens with two attached hydrogens (primary N) is 1. The number of amides is 1. The Morgan fingerprint density at radius 2 is 2.00 bits per heavy atom. The van der Waals surface area contributed by atoms with Crippen molar-refractivity contribution >= 4 is 23.3 Å². The minimum absolute atomic E-state index is 0.121. The molecule has 27 heavy (non-hydrogen) atoms. The molecule has 0 saturated heterocycles. The maximum atomic E-state index is 12.5. The summed E-state index contributed by atoms with van der Waals surface area (Å²) in [7, 11) is 3.44. The molecule has 1 aromatic rings. The highest BCUT2D eigenvalue weighted by molar-refractivity contribution is 6.12. The summed E-state index contributed by atoms with van der Waals surface area (Å²) in [5.74, 6) is -0.355. The van der Waals surface area contributed by atoms with Crippen LogP contribution in [0.25, 0.3) is 0 Å². The third kappa shape index (κ3) is 7.71. The predicted octanol–water partition coefficient (Wildman–Crippen LogP) is 1.90. The summed E-state index contributed by atoms with van der Waals surface area (Å²) in [5.41, 5.74) is 6.84. The normalized spacial score (nSPS) is 10.3. The van der Waals surface area contributed by atoms with Crippen molar-refractivity contribution in [2.45, 2.75) is 19.3 Å². The first-order valence-electron chi connectivity index (χ1n) is 8.71. The Labute approximate surface area is 160 Å². The molecule has 8 heteroatoms. The molecule has 6 N–H and O–H groups in total. The van der Waals surface area contributed by atoms with Crippen molar-refractivity contribution in [2.24, 2.45) is 5.73 Å². The van der Waals surface area contributed by atoms with Crippen LogP contribution in [0.3, 0.4) is 0 Å². The van der Waals surface area contributed by atoms with Gasteiger partial charge in [0.25, 0.3) is 5.91 Å². The lowest BCUT2D eigenvalue weighted by Crippen LogP contribution is -2.29. The summed E-state index contributed by atoms with van der Waals surface area (Å²) in [6.07, 6.45) is 5.61. The van der Waals surface area contributed by atoms with E-state index < -0.39 is 5.91 Å². The molecule has 1 amide bonds. The van der Waals surface area contributed by atoms with E-state index in [1.807, 2.05) is 0 Å². The predicted molar refractivity (Wildman–Crippen MR) is 108 cm³/mol. The lowest BCUT2D eigenvalue weighted by molar-refractivity contribution is 0.0978. The molecule has 8 nitrogen and oxygen atoms in total. The molecular weight excluding hydrogens is 342 g/mol. The van der Waals surface area contributed by atoms with Gasteiger partial charge in [-0.2, -0.15) is 5.26 Å². The Bertz CT molecular complexity index is 747.